The molecule has 0 aromatic heterocycles. The third kappa shape index (κ3) is 3.17. The van der Waals surface area contributed by atoms with E-state index < -0.39 is 0 Å². The number of benzene rings is 1. The molecule has 106 valence electrons. The van der Waals surface area contributed by atoms with Crippen LogP contribution in [0.3, 0.4) is 0 Å². The summed E-state index contributed by atoms with van der Waals surface area (Å²) < 4.78 is 14.1. The number of hydrogen-bond donors (Lipinski definition) is 1. The summed E-state index contributed by atoms with van der Waals surface area (Å²) in [4.78, 5) is 0. The summed E-state index contributed by atoms with van der Waals surface area (Å²) in [5.74, 6) is -0.0614. The summed E-state index contributed by atoms with van der Waals surface area (Å²) in [6.07, 6.45) is 2.09. The molecule has 0 aliphatic heterocycles. The van der Waals surface area contributed by atoms with Crippen molar-refractivity contribution in [3.8, 4) is 0 Å². The molecule has 0 unspecified atom stereocenters. The van der Waals surface area contributed by atoms with Crippen molar-refractivity contribution >= 4 is 0 Å². The second kappa shape index (κ2) is 4.59. The van der Waals surface area contributed by atoms with E-state index in [1.54, 1.807) is 12.1 Å². The highest BCUT2D eigenvalue weighted by molar-refractivity contribution is 5.32. The smallest absolute Gasteiger partial charge is 0.127 e. The Hall–Kier alpha value is -0.890. The van der Waals surface area contributed by atoms with Crippen LogP contribution in [0.4, 0.5) is 4.39 Å². The first kappa shape index (κ1) is 14.5. The van der Waals surface area contributed by atoms with Gasteiger partial charge in [0, 0.05) is 17.5 Å². The Labute approximate surface area is 116 Å². The highest BCUT2D eigenvalue weighted by atomic mass is 19.1. The van der Waals surface area contributed by atoms with E-state index in [9.17, 15) is 4.39 Å². The fourth-order valence-corrected chi connectivity index (χ4v) is 3.52. The van der Waals surface area contributed by atoms with Gasteiger partial charge in [-0.1, -0.05) is 32.0 Å². The molecule has 1 aliphatic carbocycles. The number of rotatable bonds is 3. The summed E-state index contributed by atoms with van der Waals surface area (Å²) in [6.45, 7) is 11.9. The van der Waals surface area contributed by atoms with Crippen molar-refractivity contribution in [2.24, 2.45) is 5.41 Å². The van der Waals surface area contributed by atoms with Crippen LogP contribution in [0, 0.1) is 11.2 Å². The lowest BCUT2D eigenvalue weighted by Gasteiger charge is -2.54. The predicted octanol–water partition coefficient (Wildman–Crippen LogP) is 4.27. The summed E-state index contributed by atoms with van der Waals surface area (Å²) in [5.41, 5.74) is 1.23. The van der Waals surface area contributed by atoms with Crippen LogP contribution in [0.1, 0.15) is 53.0 Å². The molecular weight excluding hydrogens is 237 g/mol. The summed E-state index contributed by atoms with van der Waals surface area (Å²) in [5, 5.41) is 3.56. The average molecular weight is 263 g/mol. The van der Waals surface area contributed by atoms with Crippen molar-refractivity contribution < 1.29 is 4.39 Å². The SMILES string of the molecule is CC1(C)CC(CNC(C)(C)C)(c2ccccc2F)C1. The second-order valence-corrected chi connectivity index (χ2v) is 7.88. The molecule has 1 aromatic carbocycles. The first-order valence-corrected chi connectivity index (χ1v) is 7.14. The molecule has 1 nitrogen and oxygen atoms in total. The summed E-state index contributed by atoms with van der Waals surface area (Å²) >= 11 is 0. The molecule has 2 rings (SSSR count). The molecule has 1 aliphatic rings. The molecule has 0 saturated heterocycles. The zero-order chi connectivity index (χ0) is 14.3. The van der Waals surface area contributed by atoms with Crippen LogP contribution in [0.15, 0.2) is 24.3 Å². The lowest BCUT2D eigenvalue weighted by molar-refractivity contribution is 0.0486. The van der Waals surface area contributed by atoms with Gasteiger partial charge in [-0.3, -0.25) is 0 Å². The topological polar surface area (TPSA) is 12.0 Å². The lowest BCUT2D eigenvalue weighted by atomic mass is 9.51. The van der Waals surface area contributed by atoms with Crippen molar-refractivity contribution in [3.05, 3.63) is 35.6 Å². The van der Waals surface area contributed by atoms with Gasteiger partial charge in [0.2, 0.25) is 0 Å². The van der Waals surface area contributed by atoms with Crippen LogP contribution in [-0.2, 0) is 5.41 Å². The van der Waals surface area contributed by atoms with Gasteiger partial charge in [-0.05, 0) is 50.7 Å². The first-order chi connectivity index (χ1) is 8.64. The molecule has 0 spiro atoms. The minimum Gasteiger partial charge on any atom is -0.311 e. The van der Waals surface area contributed by atoms with E-state index >= 15 is 0 Å². The van der Waals surface area contributed by atoms with Gasteiger partial charge < -0.3 is 5.32 Å². The van der Waals surface area contributed by atoms with Crippen LogP contribution < -0.4 is 5.32 Å². The van der Waals surface area contributed by atoms with E-state index in [0.717, 1.165) is 24.9 Å². The summed E-state index contributed by atoms with van der Waals surface area (Å²) in [6, 6.07) is 7.25. The van der Waals surface area contributed by atoms with Crippen molar-refractivity contribution in [1.82, 2.24) is 5.32 Å². The fourth-order valence-electron chi connectivity index (χ4n) is 3.52. The molecule has 0 atom stereocenters. The number of halogens is 1. The minimum atomic E-state index is -0.0614. The molecule has 1 aromatic rings. The van der Waals surface area contributed by atoms with Crippen LogP contribution >= 0.6 is 0 Å². The van der Waals surface area contributed by atoms with E-state index in [-0.39, 0.29) is 16.8 Å². The van der Waals surface area contributed by atoms with Crippen LogP contribution in [0.2, 0.25) is 0 Å². The van der Waals surface area contributed by atoms with Gasteiger partial charge >= 0.3 is 0 Å². The fraction of sp³-hybridized carbons (Fsp3) is 0.647. The lowest BCUT2D eigenvalue weighted by Crippen LogP contribution is -2.55. The first-order valence-electron chi connectivity index (χ1n) is 7.14. The van der Waals surface area contributed by atoms with Crippen LogP contribution in [0.25, 0.3) is 0 Å². The highest BCUT2D eigenvalue weighted by Gasteiger charge is 2.51. The van der Waals surface area contributed by atoms with Crippen molar-refractivity contribution in [3.63, 3.8) is 0 Å². The molecule has 0 radical (unpaired) electrons. The molecule has 1 saturated carbocycles. The Morgan fingerprint density at radius 2 is 1.74 bits per heavy atom. The normalized spacial score (nSPS) is 20.9. The largest absolute Gasteiger partial charge is 0.311 e. The molecule has 0 amide bonds. The third-order valence-electron chi connectivity index (χ3n) is 4.04. The van der Waals surface area contributed by atoms with E-state index in [1.807, 2.05) is 12.1 Å². The van der Waals surface area contributed by atoms with Crippen molar-refractivity contribution in [2.75, 3.05) is 6.54 Å². The van der Waals surface area contributed by atoms with Gasteiger partial charge in [-0.2, -0.15) is 0 Å². The Bertz CT molecular complexity index is 449. The van der Waals surface area contributed by atoms with E-state index in [2.05, 4.69) is 39.9 Å². The quantitative estimate of drug-likeness (QED) is 0.858. The maximum Gasteiger partial charge on any atom is 0.127 e. The van der Waals surface area contributed by atoms with E-state index in [0.29, 0.717) is 5.41 Å². The van der Waals surface area contributed by atoms with Gasteiger partial charge in [0.1, 0.15) is 5.82 Å². The number of nitrogens with one attached hydrogen (secondary N) is 1. The van der Waals surface area contributed by atoms with Gasteiger partial charge in [0.25, 0.3) is 0 Å². The maximum atomic E-state index is 14.1. The van der Waals surface area contributed by atoms with Gasteiger partial charge in [0.15, 0.2) is 0 Å². The Morgan fingerprint density at radius 3 is 2.21 bits per heavy atom. The van der Waals surface area contributed by atoms with Crippen molar-refractivity contribution in [2.45, 2.75) is 58.4 Å². The Morgan fingerprint density at radius 1 is 1.16 bits per heavy atom. The van der Waals surface area contributed by atoms with E-state index in [4.69, 9.17) is 0 Å². The Balaban J connectivity index is 2.25. The minimum absolute atomic E-state index is 0.0396. The van der Waals surface area contributed by atoms with Gasteiger partial charge in [0.05, 0.1) is 0 Å². The standard InChI is InChI=1S/C17H26FN/c1-15(2,3)19-12-17(10-16(4,5)11-17)13-8-6-7-9-14(13)18/h6-9,19H,10-12H2,1-5H3. The molecule has 19 heavy (non-hydrogen) atoms. The third-order valence-corrected chi connectivity index (χ3v) is 4.04. The monoisotopic (exact) mass is 263 g/mol. The van der Waals surface area contributed by atoms with Gasteiger partial charge in [-0.25, -0.2) is 4.39 Å². The average Bonchev–Trinajstić information content (AvgIpc) is 2.23. The van der Waals surface area contributed by atoms with E-state index in [1.165, 1.54) is 0 Å². The zero-order valence-corrected chi connectivity index (χ0v) is 12.8. The molecule has 1 fully saturated rings. The molecule has 1 N–H and O–H groups in total. The Kier molecular flexibility index (Phi) is 3.51. The second-order valence-electron chi connectivity index (χ2n) is 7.88. The molecule has 2 heteroatoms. The molecule has 0 bridgehead atoms. The van der Waals surface area contributed by atoms with Crippen LogP contribution in [0.5, 0.6) is 0 Å². The van der Waals surface area contributed by atoms with Crippen molar-refractivity contribution in [1.29, 1.82) is 0 Å². The molecular formula is C17H26FN. The molecule has 0 heterocycles. The van der Waals surface area contributed by atoms with Gasteiger partial charge in [-0.15, -0.1) is 0 Å². The van der Waals surface area contributed by atoms with Crippen LogP contribution in [-0.4, -0.2) is 12.1 Å². The highest BCUT2D eigenvalue weighted by Crippen LogP contribution is 2.55. The maximum absolute atomic E-state index is 14.1. The number of hydrogen-bond acceptors (Lipinski definition) is 1. The zero-order valence-electron chi connectivity index (χ0n) is 12.8. The predicted molar refractivity (Wildman–Crippen MR) is 78.8 cm³/mol. The summed E-state index contributed by atoms with van der Waals surface area (Å²) in [7, 11) is 0.